The van der Waals surface area contributed by atoms with E-state index in [-0.39, 0.29) is 5.82 Å². The molecule has 1 saturated heterocycles. The molecule has 0 radical (unpaired) electrons. The van der Waals surface area contributed by atoms with Gasteiger partial charge in [0.25, 0.3) is 0 Å². The smallest absolute Gasteiger partial charge is 0.123 e. The fraction of sp³-hybridized carbons (Fsp3) is 0.389. The van der Waals surface area contributed by atoms with Crippen molar-refractivity contribution in [3.63, 3.8) is 0 Å². The standard InChI is InChI=1S/C18H22FN3O/c19-16-4-6-18(7-5-16)23-14-13-21-9-11-22(12-10-21)15-17-3-1-2-8-20-17/h1-8H,9-15H2. The highest BCUT2D eigenvalue weighted by molar-refractivity contribution is 5.21. The van der Waals surface area contributed by atoms with Crippen LogP contribution in [0.2, 0.25) is 0 Å². The SMILES string of the molecule is Fc1ccc(OCCN2CCN(Cc3ccccn3)CC2)cc1. The molecule has 0 aliphatic carbocycles. The van der Waals surface area contributed by atoms with Gasteiger partial charge in [-0.2, -0.15) is 0 Å². The van der Waals surface area contributed by atoms with E-state index in [0.717, 1.165) is 50.7 Å². The largest absolute Gasteiger partial charge is 0.492 e. The van der Waals surface area contributed by atoms with E-state index in [1.54, 1.807) is 12.1 Å². The summed E-state index contributed by atoms with van der Waals surface area (Å²) >= 11 is 0. The topological polar surface area (TPSA) is 28.6 Å². The number of hydrogen-bond acceptors (Lipinski definition) is 4. The van der Waals surface area contributed by atoms with E-state index in [1.807, 2.05) is 18.3 Å². The quantitative estimate of drug-likeness (QED) is 0.818. The Labute approximate surface area is 136 Å². The Morgan fingerprint density at radius 3 is 2.39 bits per heavy atom. The molecule has 23 heavy (non-hydrogen) atoms. The van der Waals surface area contributed by atoms with Crippen LogP contribution in [-0.4, -0.2) is 54.1 Å². The number of pyridine rings is 1. The average Bonchev–Trinajstić information content (AvgIpc) is 2.59. The molecule has 0 atom stereocenters. The van der Waals surface area contributed by atoms with Gasteiger partial charge in [0.2, 0.25) is 0 Å². The lowest BCUT2D eigenvalue weighted by Crippen LogP contribution is -2.47. The molecule has 0 spiro atoms. The van der Waals surface area contributed by atoms with Gasteiger partial charge in [0, 0.05) is 45.5 Å². The molecule has 1 aliphatic heterocycles. The van der Waals surface area contributed by atoms with Crippen molar-refractivity contribution in [3.8, 4) is 5.75 Å². The van der Waals surface area contributed by atoms with Gasteiger partial charge < -0.3 is 4.74 Å². The highest BCUT2D eigenvalue weighted by Crippen LogP contribution is 2.11. The number of halogens is 1. The molecule has 1 fully saturated rings. The molecule has 1 aliphatic rings. The van der Waals surface area contributed by atoms with E-state index in [1.165, 1.54) is 12.1 Å². The first-order chi connectivity index (χ1) is 11.3. The minimum Gasteiger partial charge on any atom is -0.492 e. The second-order valence-electron chi connectivity index (χ2n) is 5.74. The van der Waals surface area contributed by atoms with Crippen molar-refractivity contribution in [2.24, 2.45) is 0 Å². The van der Waals surface area contributed by atoms with E-state index in [9.17, 15) is 4.39 Å². The van der Waals surface area contributed by atoms with Gasteiger partial charge in [-0.3, -0.25) is 14.8 Å². The van der Waals surface area contributed by atoms with Crippen LogP contribution in [0.1, 0.15) is 5.69 Å². The Morgan fingerprint density at radius 2 is 1.70 bits per heavy atom. The minimum atomic E-state index is -0.235. The molecule has 122 valence electrons. The molecular weight excluding hydrogens is 293 g/mol. The van der Waals surface area contributed by atoms with Crippen molar-refractivity contribution in [3.05, 3.63) is 60.2 Å². The molecule has 1 aromatic heterocycles. The Morgan fingerprint density at radius 1 is 0.957 bits per heavy atom. The second kappa shape index (κ2) is 8.04. The van der Waals surface area contributed by atoms with E-state index < -0.39 is 0 Å². The lowest BCUT2D eigenvalue weighted by molar-refractivity contribution is 0.111. The van der Waals surface area contributed by atoms with E-state index >= 15 is 0 Å². The van der Waals surface area contributed by atoms with Crippen LogP contribution in [-0.2, 0) is 6.54 Å². The van der Waals surface area contributed by atoms with Gasteiger partial charge in [-0.05, 0) is 36.4 Å². The normalized spacial score (nSPS) is 16.4. The van der Waals surface area contributed by atoms with Gasteiger partial charge in [0.15, 0.2) is 0 Å². The summed E-state index contributed by atoms with van der Waals surface area (Å²) in [5.74, 6) is 0.488. The summed E-state index contributed by atoms with van der Waals surface area (Å²) in [7, 11) is 0. The first kappa shape index (κ1) is 15.9. The van der Waals surface area contributed by atoms with Gasteiger partial charge in [-0.25, -0.2) is 4.39 Å². The highest BCUT2D eigenvalue weighted by Gasteiger charge is 2.16. The first-order valence-corrected chi connectivity index (χ1v) is 8.02. The average molecular weight is 315 g/mol. The molecule has 2 heterocycles. The lowest BCUT2D eigenvalue weighted by Gasteiger charge is -2.34. The minimum absolute atomic E-state index is 0.235. The number of nitrogens with zero attached hydrogens (tertiary/aromatic N) is 3. The van der Waals surface area contributed by atoms with Crippen LogP contribution in [0.3, 0.4) is 0 Å². The highest BCUT2D eigenvalue weighted by atomic mass is 19.1. The van der Waals surface area contributed by atoms with Crippen LogP contribution in [0.4, 0.5) is 4.39 Å². The third kappa shape index (κ3) is 5.01. The monoisotopic (exact) mass is 315 g/mol. The molecule has 2 aromatic rings. The molecule has 0 saturated carbocycles. The molecule has 0 bridgehead atoms. The Hall–Kier alpha value is -1.98. The summed E-state index contributed by atoms with van der Waals surface area (Å²) in [6.45, 7) is 6.63. The van der Waals surface area contributed by atoms with E-state index in [2.05, 4.69) is 20.9 Å². The summed E-state index contributed by atoms with van der Waals surface area (Å²) in [5.41, 5.74) is 1.13. The van der Waals surface area contributed by atoms with Crippen LogP contribution >= 0.6 is 0 Å². The van der Waals surface area contributed by atoms with Crippen molar-refractivity contribution in [2.75, 3.05) is 39.3 Å². The molecule has 4 nitrogen and oxygen atoms in total. The van der Waals surface area contributed by atoms with Crippen LogP contribution in [0.15, 0.2) is 48.7 Å². The molecular formula is C18H22FN3O. The zero-order valence-electron chi connectivity index (χ0n) is 13.2. The van der Waals surface area contributed by atoms with Crippen LogP contribution in [0.25, 0.3) is 0 Å². The maximum atomic E-state index is 12.8. The summed E-state index contributed by atoms with van der Waals surface area (Å²) in [4.78, 5) is 9.21. The van der Waals surface area contributed by atoms with Gasteiger partial charge in [-0.1, -0.05) is 6.07 Å². The third-order valence-electron chi connectivity index (χ3n) is 4.07. The molecule has 3 rings (SSSR count). The molecule has 1 aromatic carbocycles. The Bertz CT molecular complexity index is 583. The third-order valence-corrected chi connectivity index (χ3v) is 4.07. The Balaban J connectivity index is 1.35. The number of ether oxygens (including phenoxy) is 1. The van der Waals surface area contributed by atoms with Crippen molar-refractivity contribution in [2.45, 2.75) is 6.54 Å². The maximum absolute atomic E-state index is 12.8. The molecule has 5 heteroatoms. The molecule has 0 amide bonds. The lowest BCUT2D eigenvalue weighted by atomic mass is 10.2. The van der Waals surface area contributed by atoms with Gasteiger partial charge in [0.1, 0.15) is 18.2 Å². The number of hydrogen-bond donors (Lipinski definition) is 0. The molecule has 0 unspecified atom stereocenters. The predicted molar refractivity (Wildman–Crippen MR) is 87.8 cm³/mol. The summed E-state index contributed by atoms with van der Waals surface area (Å²) in [5, 5.41) is 0. The fourth-order valence-electron chi connectivity index (χ4n) is 2.72. The number of piperazine rings is 1. The van der Waals surface area contributed by atoms with Crippen molar-refractivity contribution in [1.29, 1.82) is 0 Å². The summed E-state index contributed by atoms with van der Waals surface area (Å²) in [6.07, 6.45) is 1.85. The first-order valence-electron chi connectivity index (χ1n) is 8.02. The second-order valence-corrected chi connectivity index (χ2v) is 5.74. The van der Waals surface area contributed by atoms with Crippen LogP contribution < -0.4 is 4.74 Å². The molecule has 0 N–H and O–H groups in total. The van der Waals surface area contributed by atoms with Crippen LogP contribution in [0.5, 0.6) is 5.75 Å². The predicted octanol–water partition coefficient (Wildman–Crippen LogP) is 2.42. The zero-order chi connectivity index (χ0) is 15.9. The van der Waals surface area contributed by atoms with Gasteiger partial charge >= 0.3 is 0 Å². The van der Waals surface area contributed by atoms with Gasteiger partial charge in [-0.15, -0.1) is 0 Å². The van der Waals surface area contributed by atoms with Gasteiger partial charge in [0.05, 0.1) is 5.69 Å². The van der Waals surface area contributed by atoms with E-state index in [0.29, 0.717) is 6.61 Å². The number of aromatic nitrogens is 1. The fourth-order valence-corrected chi connectivity index (χ4v) is 2.72. The van der Waals surface area contributed by atoms with Crippen molar-refractivity contribution >= 4 is 0 Å². The van der Waals surface area contributed by atoms with E-state index in [4.69, 9.17) is 4.74 Å². The Kier molecular flexibility index (Phi) is 5.56. The maximum Gasteiger partial charge on any atom is 0.123 e. The summed E-state index contributed by atoms with van der Waals surface area (Å²) < 4.78 is 18.5. The van der Waals surface area contributed by atoms with Crippen molar-refractivity contribution < 1.29 is 9.13 Å². The number of rotatable bonds is 6. The number of benzene rings is 1. The van der Waals surface area contributed by atoms with Crippen molar-refractivity contribution in [1.82, 2.24) is 14.8 Å². The zero-order valence-corrected chi connectivity index (χ0v) is 13.2. The summed E-state index contributed by atoms with van der Waals surface area (Å²) in [6, 6.07) is 12.2. The van der Waals surface area contributed by atoms with Crippen LogP contribution in [0, 0.1) is 5.82 Å².